The second-order valence-corrected chi connectivity index (χ2v) is 5.56. The smallest absolute Gasteiger partial charge is 0.338 e. The van der Waals surface area contributed by atoms with Gasteiger partial charge in [0.05, 0.1) is 12.7 Å². The number of hydrogen-bond donors (Lipinski definition) is 0. The number of rotatable bonds is 5. The van der Waals surface area contributed by atoms with Crippen molar-refractivity contribution in [1.29, 1.82) is 0 Å². The van der Waals surface area contributed by atoms with E-state index in [9.17, 15) is 14.0 Å². The van der Waals surface area contributed by atoms with Crippen molar-refractivity contribution in [2.45, 2.75) is 26.9 Å². The molecule has 24 heavy (non-hydrogen) atoms. The van der Waals surface area contributed by atoms with E-state index in [1.807, 2.05) is 19.9 Å². The number of Topliss-reactive ketones (excluding diaryl/α,β-unsaturated/α-hetero) is 1. The lowest BCUT2D eigenvalue weighted by molar-refractivity contribution is 0.0318. The summed E-state index contributed by atoms with van der Waals surface area (Å²) < 4.78 is 23.6. The average Bonchev–Trinajstić information content (AvgIpc) is 2.56. The first kappa shape index (κ1) is 17.7. The fraction of sp³-hybridized carbons (Fsp3) is 0.263. The zero-order chi connectivity index (χ0) is 17.9. The monoisotopic (exact) mass is 330 g/mol. The number of hydrogen-bond acceptors (Lipinski definition) is 4. The summed E-state index contributed by atoms with van der Waals surface area (Å²) in [6, 6.07) is 9.04. The lowest BCUT2D eigenvalue weighted by Crippen LogP contribution is -2.24. The predicted molar refractivity (Wildman–Crippen MR) is 88.1 cm³/mol. The largest absolute Gasteiger partial charge is 0.494 e. The predicted octanol–water partition coefficient (Wildman–Crippen LogP) is 3.88. The fourth-order valence-corrected chi connectivity index (χ4v) is 2.20. The van der Waals surface area contributed by atoms with Gasteiger partial charge in [0.25, 0.3) is 0 Å². The summed E-state index contributed by atoms with van der Waals surface area (Å²) >= 11 is 0. The molecule has 0 heterocycles. The molecule has 126 valence electrons. The van der Waals surface area contributed by atoms with Gasteiger partial charge >= 0.3 is 5.97 Å². The quantitative estimate of drug-likeness (QED) is 0.617. The molecule has 0 saturated carbocycles. The number of ether oxygens (including phenoxy) is 2. The molecule has 0 spiro atoms. The Morgan fingerprint density at radius 1 is 1.00 bits per heavy atom. The van der Waals surface area contributed by atoms with Crippen LogP contribution < -0.4 is 4.74 Å². The third-order valence-electron chi connectivity index (χ3n) is 3.83. The molecular weight excluding hydrogens is 311 g/mol. The fourth-order valence-electron chi connectivity index (χ4n) is 2.20. The first-order chi connectivity index (χ1) is 11.3. The van der Waals surface area contributed by atoms with Gasteiger partial charge in [-0.25, -0.2) is 9.18 Å². The molecule has 0 aromatic heterocycles. The maximum absolute atomic E-state index is 13.7. The molecule has 5 heteroatoms. The molecule has 0 bridgehead atoms. The molecular formula is C19H19FO4. The number of benzene rings is 2. The third kappa shape index (κ3) is 3.79. The van der Waals surface area contributed by atoms with E-state index in [0.717, 1.165) is 17.2 Å². The normalized spacial score (nSPS) is 11.7. The summed E-state index contributed by atoms with van der Waals surface area (Å²) in [4.78, 5) is 24.5. The zero-order valence-corrected chi connectivity index (χ0v) is 14.1. The van der Waals surface area contributed by atoms with Crippen molar-refractivity contribution in [3.8, 4) is 5.75 Å². The minimum absolute atomic E-state index is 0.0213. The molecule has 0 N–H and O–H groups in total. The van der Waals surface area contributed by atoms with Gasteiger partial charge in [0, 0.05) is 5.56 Å². The standard InChI is InChI=1S/C19H19FO4/c1-11-5-6-14(9-12(11)2)18(21)13(3)24-19(22)15-7-8-17(23-4)16(20)10-15/h5-10,13H,1-4H3/t13-/m0/s1. The second-order valence-electron chi connectivity index (χ2n) is 5.56. The van der Waals surface area contributed by atoms with Gasteiger partial charge in [-0.1, -0.05) is 12.1 Å². The molecule has 2 aromatic carbocycles. The summed E-state index contributed by atoms with van der Waals surface area (Å²) in [5.74, 6) is -1.70. The highest BCUT2D eigenvalue weighted by molar-refractivity contribution is 6.01. The van der Waals surface area contributed by atoms with Crippen molar-refractivity contribution in [2.24, 2.45) is 0 Å². The third-order valence-corrected chi connectivity index (χ3v) is 3.83. The Hall–Kier alpha value is -2.69. The van der Waals surface area contributed by atoms with Gasteiger partial charge in [-0.05, 0) is 56.2 Å². The van der Waals surface area contributed by atoms with Gasteiger partial charge in [0.15, 0.2) is 17.7 Å². The summed E-state index contributed by atoms with van der Waals surface area (Å²) in [5.41, 5.74) is 2.55. The Morgan fingerprint density at radius 2 is 1.67 bits per heavy atom. The van der Waals surface area contributed by atoms with Crippen LogP contribution >= 0.6 is 0 Å². The molecule has 0 unspecified atom stereocenters. The van der Waals surface area contributed by atoms with Crippen LogP contribution in [0.1, 0.15) is 38.8 Å². The summed E-state index contributed by atoms with van der Waals surface area (Å²) in [6.07, 6.45) is -0.968. The molecule has 0 radical (unpaired) electrons. The summed E-state index contributed by atoms with van der Waals surface area (Å²) in [7, 11) is 1.33. The number of halogens is 1. The maximum atomic E-state index is 13.7. The van der Waals surface area contributed by atoms with E-state index >= 15 is 0 Å². The first-order valence-corrected chi connectivity index (χ1v) is 7.49. The molecule has 0 fully saturated rings. The van der Waals surface area contributed by atoms with Gasteiger partial charge in [-0.2, -0.15) is 0 Å². The lowest BCUT2D eigenvalue weighted by Gasteiger charge is -2.13. The van der Waals surface area contributed by atoms with Crippen LogP contribution in [0, 0.1) is 19.7 Å². The van der Waals surface area contributed by atoms with Crippen LogP contribution in [-0.2, 0) is 4.74 Å². The highest BCUT2D eigenvalue weighted by Crippen LogP contribution is 2.19. The lowest BCUT2D eigenvalue weighted by atomic mass is 10.0. The molecule has 2 aromatic rings. The second kappa shape index (κ2) is 7.25. The SMILES string of the molecule is COc1ccc(C(=O)O[C@@H](C)C(=O)c2ccc(C)c(C)c2)cc1F. The van der Waals surface area contributed by atoms with Crippen LogP contribution in [0.4, 0.5) is 4.39 Å². The minimum Gasteiger partial charge on any atom is -0.494 e. The Morgan fingerprint density at radius 3 is 2.25 bits per heavy atom. The van der Waals surface area contributed by atoms with Gasteiger partial charge in [-0.3, -0.25) is 4.79 Å². The van der Waals surface area contributed by atoms with Gasteiger partial charge in [-0.15, -0.1) is 0 Å². The van der Waals surface area contributed by atoms with Gasteiger partial charge in [0.1, 0.15) is 0 Å². The summed E-state index contributed by atoms with van der Waals surface area (Å²) in [5, 5.41) is 0. The van der Waals surface area contributed by atoms with E-state index in [-0.39, 0.29) is 17.1 Å². The number of carbonyl (C=O) groups excluding carboxylic acids is 2. The van der Waals surface area contributed by atoms with Crippen LogP contribution in [0.25, 0.3) is 0 Å². The highest BCUT2D eigenvalue weighted by atomic mass is 19.1. The number of aryl methyl sites for hydroxylation is 2. The Labute approximate surface area is 140 Å². The number of esters is 1. The summed E-state index contributed by atoms with van der Waals surface area (Å²) in [6.45, 7) is 5.35. The number of ketones is 1. The molecule has 1 atom stereocenters. The van der Waals surface area contributed by atoms with Crippen molar-refractivity contribution in [3.05, 3.63) is 64.5 Å². The van der Waals surface area contributed by atoms with Crippen molar-refractivity contribution in [3.63, 3.8) is 0 Å². The molecule has 0 aliphatic heterocycles. The molecule has 0 aliphatic rings. The Bertz CT molecular complexity index is 783. The van der Waals surface area contributed by atoms with Crippen molar-refractivity contribution < 1.29 is 23.5 Å². The molecule has 2 rings (SSSR count). The van der Waals surface area contributed by atoms with Crippen LogP contribution in [-0.4, -0.2) is 25.0 Å². The van der Waals surface area contributed by atoms with Crippen molar-refractivity contribution in [2.75, 3.05) is 7.11 Å². The van der Waals surface area contributed by atoms with E-state index in [0.29, 0.717) is 5.56 Å². The average molecular weight is 330 g/mol. The minimum atomic E-state index is -0.968. The number of methoxy groups -OCH3 is 1. The van der Waals surface area contributed by atoms with E-state index < -0.39 is 17.9 Å². The van der Waals surface area contributed by atoms with Crippen LogP contribution in [0.2, 0.25) is 0 Å². The van der Waals surface area contributed by atoms with Crippen LogP contribution in [0.5, 0.6) is 5.75 Å². The van der Waals surface area contributed by atoms with E-state index in [4.69, 9.17) is 9.47 Å². The van der Waals surface area contributed by atoms with Crippen LogP contribution in [0.15, 0.2) is 36.4 Å². The van der Waals surface area contributed by atoms with Crippen molar-refractivity contribution >= 4 is 11.8 Å². The van der Waals surface area contributed by atoms with Gasteiger partial charge in [0.2, 0.25) is 5.78 Å². The topological polar surface area (TPSA) is 52.6 Å². The molecule has 0 amide bonds. The van der Waals surface area contributed by atoms with E-state index in [2.05, 4.69) is 0 Å². The number of carbonyl (C=O) groups is 2. The van der Waals surface area contributed by atoms with Crippen LogP contribution in [0.3, 0.4) is 0 Å². The Kier molecular flexibility index (Phi) is 5.34. The molecule has 0 saturated heterocycles. The molecule has 4 nitrogen and oxygen atoms in total. The van der Waals surface area contributed by atoms with E-state index in [1.165, 1.54) is 26.2 Å². The van der Waals surface area contributed by atoms with E-state index in [1.54, 1.807) is 12.1 Å². The zero-order valence-electron chi connectivity index (χ0n) is 14.1. The molecule has 0 aliphatic carbocycles. The van der Waals surface area contributed by atoms with Crippen molar-refractivity contribution in [1.82, 2.24) is 0 Å². The Balaban J connectivity index is 2.11. The highest BCUT2D eigenvalue weighted by Gasteiger charge is 2.21. The van der Waals surface area contributed by atoms with Gasteiger partial charge < -0.3 is 9.47 Å². The maximum Gasteiger partial charge on any atom is 0.338 e. The first-order valence-electron chi connectivity index (χ1n) is 7.49.